The second-order valence-corrected chi connectivity index (χ2v) is 6.63. The summed E-state index contributed by atoms with van der Waals surface area (Å²) in [4.78, 5) is 24.1. The lowest BCUT2D eigenvalue weighted by molar-refractivity contribution is -0.156. The quantitative estimate of drug-likeness (QED) is 0.486. The number of halogens is 2. The van der Waals surface area contributed by atoms with Gasteiger partial charge in [-0.25, -0.2) is 9.18 Å². The normalized spacial score (nSPS) is 18.9. The molecule has 2 rings (SSSR count). The number of alkyl halides is 1. The van der Waals surface area contributed by atoms with Crippen LogP contribution in [0.25, 0.3) is 0 Å². The highest BCUT2D eigenvalue weighted by Crippen LogP contribution is 2.29. The van der Waals surface area contributed by atoms with E-state index in [2.05, 4.69) is 0 Å². The summed E-state index contributed by atoms with van der Waals surface area (Å²) in [6, 6.07) is 4.11. The summed E-state index contributed by atoms with van der Waals surface area (Å²) >= 11 is 5.91. The maximum absolute atomic E-state index is 13.1. The minimum absolute atomic E-state index is 0.349. The number of carbonyl (C=O) groups excluding carboxylic acids is 2. The van der Waals surface area contributed by atoms with Gasteiger partial charge in [-0.05, 0) is 57.4 Å². The summed E-state index contributed by atoms with van der Waals surface area (Å²) in [5.74, 6) is -1.23. The van der Waals surface area contributed by atoms with Crippen molar-refractivity contribution in [1.29, 1.82) is 0 Å². The smallest absolute Gasteiger partial charge is 0.332 e. The Bertz CT molecular complexity index is 594. The van der Waals surface area contributed by atoms with Crippen LogP contribution in [0.4, 0.5) is 4.39 Å². The number of hydrogen-bond acceptors (Lipinski definition) is 4. The molecule has 0 bridgehead atoms. The Labute approximate surface area is 133 Å². The number of esters is 1. The van der Waals surface area contributed by atoms with Crippen molar-refractivity contribution in [3.8, 4) is 5.75 Å². The van der Waals surface area contributed by atoms with Gasteiger partial charge in [-0.15, -0.1) is 11.6 Å². The van der Waals surface area contributed by atoms with Crippen LogP contribution in [0.5, 0.6) is 5.75 Å². The molecular formula is C16H18ClFO4. The van der Waals surface area contributed by atoms with Gasteiger partial charge in [-0.1, -0.05) is 0 Å². The maximum Gasteiger partial charge on any atom is 0.332 e. The summed E-state index contributed by atoms with van der Waals surface area (Å²) < 4.78 is 23.8. The van der Waals surface area contributed by atoms with Crippen molar-refractivity contribution in [1.82, 2.24) is 0 Å². The average molecular weight is 329 g/mol. The zero-order chi connectivity index (χ0) is 16.5. The highest BCUT2D eigenvalue weighted by Gasteiger charge is 2.36. The topological polar surface area (TPSA) is 52.6 Å². The lowest BCUT2D eigenvalue weighted by atomic mass is 9.98. The maximum atomic E-state index is 13.1. The predicted molar refractivity (Wildman–Crippen MR) is 79.6 cm³/mol. The van der Waals surface area contributed by atoms with Crippen LogP contribution in [-0.2, 0) is 20.7 Å². The molecule has 120 valence electrons. The molecule has 0 aromatic heterocycles. The first kappa shape index (κ1) is 16.7. The van der Waals surface area contributed by atoms with Gasteiger partial charge >= 0.3 is 5.97 Å². The Hall–Kier alpha value is -1.62. The van der Waals surface area contributed by atoms with Crippen LogP contribution in [0, 0.1) is 5.82 Å². The fourth-order valence-corrected chi connectivity index (χ4v) is 2.38. The first-order valence-corrected chi connectivity index (χ1v) is 7.47. The Balaban J connectivity index is 2.05. The molecule has 1 unspecified atom stereocenters. The van der Waals surface area contributed by atoms with E-state index in [1.165, 1.54) is 18.2 Å². The number of Topliss-reactive ketones (excluding diaryl/α,β-unsaturated/α-hetero) is 1. The van der Waals surface area contributed by atoms with E-state index >= 15 is 0 Å². The second kappa shape index (κ2) is 6.24. The fourth-order valence-electron chi connectivity index (χ4n) is 2.19. The number of rotatable bonds is 3. The van der Waals surface area contributed by atoms with Crippen LogP contribution in [0.1, 0.15) is 32.8 Å². The molecule has 2 atom stereocenters. The van der Waals surface area contributed by atoms with Crippen molar-refractivity contribution in [2.75, 3.05) is 0 Å². The minimum Gasteiger partial charge on any atom is -0.482 e. The molecule has 0 saturated carbocycles. The van der Waals surface area contributed by atoms with E-state index in [-0.39, 0.29) is 5.82 Å². The molecule has 0 spiro atoms. The first-order chi connectivity index (χ1) is 10.2. The summed E-state index contributed by atoms with van der Waals surface area (Å²) in [5.41, 5.74) is -0.0189. The molecule has 0 saturated heterocycles. The van der Waals surface area contributed by atoms with Crippen LogP contribution in [0.2, 0.25) is 0 Å². The van der Waals surface area contributed by atoms with Crippen LogP contribution in [-0.4, -0.2) is 28.8 Å². The van der Waals surface area contributed by atoms with Crippen LogP contribution < -0.4 is 4.74 Å². The van der Waals surface area contributed by atoms with E-state index in [1.807, 2.05) is 0 Å². The number of benzene rings is 1. The lowest BCUT2D eigenvalue weighted by Crippen LogP contribution is -2.42. The van der Waals surface area contributed by atoms with Gasteiger partial charge in [0.25, 0.3) is 0 Å². The first-order valence-electron chi connectivity index (χ1n) is 7.03. The van der Waals surface area contributed by atoms with Crippen molar-refractivity contribution < 1.29 is 23.5 Å². The molecule has 0 aliphatic carbocycles. The van der Waals surface area contributed by atoms with Gasteiger partial charge in [0.15, 0.2) is 11.5 Å². The fraction of sp³-hybridized carbons (Fsp3) is 0.500. The van der Waals surface area contributed by atoms with E-state index in [4.69, 9.17) is 21.1 Å². The third-order valence-corrected chi connectivity index (χ3v) is 3.54. The molecule has 22 heavy (non-hydrogen) atoms. The molecule has 0 N–H and O–H groups in total. The van der Waals surface area contributed by atoms with Gasteiger partial charge in [-0.2, -0.15) is 0 Å². The Morgan fingerprint density at radius 2 is 2.09 bits per heavy atom. The molecule has 0 fully saturated rings. The standard InChI is InChI=1S/C16H18ClFO4/c1-16(2,3)22-15(20)13(17)14(19)12-6-4-9-8-10(18)5-7-11(9)21-12/h5,7-8,12-13H,4,6H2,1-3H3/t12-,13?/m1/s1. The van der Waals surface area contributed by atoms with Crippen LogP contribution in [0.15, 0.2) is 18.2 Å². The summed E-state index contributed by atoms with van der Waals surface area (Å²) in [7, 11) is 0. The SMILES string of the molecule is CC(C)(C)OC(=O)C(Cl)C(=O)[C@H]1CCc2cc(F)ccc2O1. The lowest BCUT2D eigenvalue weighted by Gasteiger charge is -2.27. The highest BCUT2D eigenvalue weighted by atomic mass is 35.5. The number of ether oxygens (including phenoxy) is 2. The zero-order valence-corrected chi connectivity index (χ0v) is 13.4. The third kappa shape index (κ3) is 3.97. The predicted octanol–water partition coefficient (Wildman–Crippen LogP) is 3.04. The molecule has 4 nitrogen and oxygen atoms in total. The summed E-state index contributed by atoms with van der Waals surface area (Å²) in [6.45, 7) is 5.09. The molecule has 1 aliphatic heterocycles. The van der Waals surface area contributed by atoms with Crippen molar-refractivity contribution in [3.05, 3.63) is 29.6 Å². The molecule has 6 heteroatoms. The van der Waals surface area contributed by atoms with Crippen molar-refractivity contribution in [2.45, 2.75) is 50.7 Å². The largest absolute Gasteiger partial charge is 0.482 e. The Morgan fingerprint density at radius 1 is 1.41 bits per heavy atom. The van der Waals surface area contributed by atoms with Gasteiger partial charge in [0.1, 0.15) is 17.2 Å². The zero-order valence-electron chi connectivity index (χ0n) is 12.7. The molecular weight excluding hydrogens is 311 g/mol. The third-order valence-electron chi connectivity index (χ3n) is 3.15. The van der Waals surface area contributed by atoms with E-state index < -0.39 is 28.8 Å². The van der Waals surface area contributed by atoms with E-state index in [1.54, 1.807) is 20.8 Å². The van der Waals surface area contributed by atoms with Crippen molar-refractivity contribution in [2.24, 2.45) is 0 Å². The van der Waals surface area contributed by atoms with Crippen LogP contribution >= 0.6 is 11.6 Å². The van der Waals surface area contributed by atoms with E-state index in [0.29, 0.717) is 24.2 Å². The molecule has 0 amide bonds. The van der Waals surface area contributed by atoms with Gasteiger partial charge in [-0.3, -0.25) is 4.79 Å². The van der Waals surface area contributed by atoms with Gasteiger partial charge in [0, 0.05) is 0 Å². The highest BCUT2D eigenvalue weighted by molar-refractivity contribution is 6.41. The molecule has 1 heterocycles. The minimum atomic E-state index is -1.41. The molecule has 1 aromatic rings. The average Bonchev–Trinajstić information content (AvgIpc) is 2.43. The van der Waals surface area contributed by atoms with Gasteiger partial charge in [0.2, 0.25) is 5.78 Å². The second-order valence-electron chi connectivity index (χ2n) is 6.20. The number of carbonyl (C=O) groups is 2. The Kier molecular flexibility index (Phi) is 4.75. The molecule has 1 aromatic carbocycles. The number of aryl methyl sites for hydroxylation is 1. The Morgan fingerprint density at radius 3 is 2.73 bits per heavy atom. The molecule has 1 aliphatic rings. The summed E-state index contributed by atoms with van der Waals surface area (Å²) in [5, 5.41) is -1.41. The monoisotopic (exact) mass is 328 g/mol. The number of hydrogen-bond donors (Lipinski definition) is 0. The van der Waals surface area contributed by atoms with E-state index in [0.717, 1.165) is 0 Å². The van der Waals surface area contributed by atoms with E-state index in [9.17, 15) is 14.0 Å². The number of fused-ring (bicyclic) bond motifs is 1. The molecule has 0 radical (unpaired) electrons. The number of ketones is 1. The van der Waals surface area contributed by atoms with Gasteiger partial charge < -0.3 is 9.47 Å². The van der Waals surface area contributed by atoms with Crippen molar-refractivity contribution >= 4 is 23.4 Å². The van der Waals surface area contributed by atoms with Crippen molar-refractivity contribution in [3.63, 3.8) is 0 Å². The van der Waals surface area contributed by atoms with Crippen LogP contribution in [0.3, 0.4) is 0 Å². The summed E-state index contributed by atoms with van der Waals surface area (Å²) in [6.07, 6.45) is 0.0101. The van der Waals surface area contributed by atoms with Gasteiger partial charge in [0.05, 0.1) is 0 Å².